The van der Waals surface area contributed by atoms with E-state index in [0.29, 0.717) is 31.2 Å². The SMILES string of the molecule is CC(C)c1nc(N2CCN(C(=O)c3cccs3)CC2)c2cnn(-c3ccccc3Cl)c2n1. The number of nitrogens with zero attached hydrogens (tertiary/aromatic N) is 6. The van der Waals surface area contributed by atoms with Crippen LogP contribution in [0, 0.1) is 0 Å². The number of carbonyl (C=O) groups excluding carboxylic acids is 1. The number of rotatable bonds is 4. The van der Waals surface area contributed by atoms with Gasteiger partial charge in [0.25, 0.3) is 5.91 Å². The molecule has 0 bridgehead atoms. The fourth-order valence-corrected chi connectivity index (χ4v) is 4.79. The second-order valence-corrected chi connectivity index (χ2v) is 9.42. The zero-order chi connectivity index (χ0) is 22.2. The number of hydrogen-bond donors (Lipinski definition) is 0. The van der Waals surface area contributed by atoms with Crippen molar-refractivity contribution in [3.63, 3.8) is 0 Å². The minimum absolute atomic E-state index is 0.0990. The number of anilines is 1. The molecule has 5 rings (SSSR count). The van der Waals surface area contributed by atoms with E-state index in [1.54, 1.807) is 10.9 Å². The average molecular weight is 467 g/mol. The number of amides is 1. The van der Waals surface area contributed by atoms with Crippen molar-refractivity contribution in [2.45, 2.75) is 19.8 Å². The van der Waals surface area contributed by atoms with Crippen LogP contribution in [0.25, 0.3) is 16.7 Å². The fourth-order valence-electron chi connectivity index (χ4n) is 3.89. The number of piperazine rings is 1. The smallest absolute Gasteiger partial charge is 0.264 e. The van der Waals surface area contributed by atoms with Crippen molar-refractivity contribution in [2.24, 2.45) is 0 Å². The molecule has 3 aromatic heterocycles. The van der Waals surface area contributed by atoms with Gasteiger partial charge in [-0.15, -0.1) is 11.3 Å². The van der Waals surface area contributed by atoms with E-state index >= 15 is 0 Å². The monoisotopic (exact) mass is 466 g/mol. The van der Waals surface area contributed by atoms with Crippen LogP contribution in [0.2, 0.25) is 5.02 Å². The highest BCUT2D eigenvalue weighted by atomic mass is 35.5. The summed E-state index contributed by atoms with van der Waals surface area (Å²) in [5.41, 5.74) is 1.53. The van der Waals surface area contributed by atoms with Gasteiger partial charge in [-0.25, -0.2) is 14.6 Å². The summed E-state index contributed by atoms with van der Waals surface area (Å²) in [4.78, 5) is 27.4. The van der Waals surface area contributed by atoms with Crippen LogP contribution in [-0.2, 0) is 0 Å². The molecule has 1 aliphatic heterocycles. The Hall–Kier alpha value is -2.97. The Labute approximate surface area is 195 Å². The molecule has 9 heteroatoms. The molecule has 1 aliphatic rings. The Bertz CT molecular complexity index is 1260. The van der Waals surface area contributed by atoms with Gasteiger partial charge < -0.3 is 9.80 Å². The average Bonchev–Trinajstić information content (AvgIpc) is 3.49. The van der Waals surface area contributed by atoms with Crippen molar-refractivity contribution in [3.05, 3.63) is 63.7 Å². The van der Waals surface area contributed by atoms with Crippen LogP contribution in [0.15, 0.2) is 48.0 Å². The fraction of sp³-hybridized carbons (Fsp3) is 0.304. The second-order valence-electron chi connectivity index (χ2n) is 8.06. The Balaban J connectivity index is 1.49. The topological polar surface area (TPSA) is 67.2 Å². The molecule has 4 aromatic rings. The summed E-state index contributed by atoms with van der Waals surface area (Å²) >= 11 is 7.93. The first-order valence-electron chi connectivity index (χ1n) is 10.6. The Kier molecular flexibility index (Phi) is 5.57. The van der Waals surface area contributed by atoms with Gasteiger partial charge in [-0.05, 0) is 23.6 Å². The Morgan fingerprint density at radius 1 is 1.06 bits per heavy atom. The van der Waals surface area contributed by atoms with Crippen LogP contribution < -0.4 is 4.90 Å². The highest BCUT2D eigenvalue weighted by molar-refractivity contribution is 7.12. The molecular formula is C23H23ClN6OS. The highest BCUT2D eigenvalue weighted by Crippen LogP contribution is 2.30. The van der Waals surface area contributed by atoms with Crippen molar-refractivity contribution >= 4 is 45.7 Å². The van der Waals surface area contributed by atoms with E-state index in [4.69, 9.17) is 21.6 Å². The third kappa shape index (κ3) is 3.73. The number of halogens is 1. The summed E-state index contributed by atoms with van der Waals surface area (Å²) in [6.45, 7) is 6.88. The molecule has 32 heavy (non-hydrogen) atoms. The van der Waals surface area contributed by atoms with Crippen molar-refractivity contribution in [1.29, 1.82) is 0 Å². The summed E-state index contributed by atoms with van der Waals surface area (Å²) in [5, 5.41) is 8.03. The highest BCUT2D eigenvalue weighted by Gasteiger charge is 2.26. The van der Waals surface area contributed by atoms with Gasteiger partial charge in [0.05, 0.1) is 27.2 Å². The molecule has 4 heterocycles. The lowest BCUT2D eigenvalue weighted by atomic mass is 10.2. The standard InChI is InChI=1S/C23H23ClN6OS/c1-15(2)20-26-21(28-9-11-29(12-10-28)23(31)19-8-5-13-32-19)16-14-25-30(22(16)27-20)18-7-4-3-6-17(18)24/h3-8,13-15H,9-12H2,1-2H3. The van der Waals surface area contributed by atoms with Crippen molar-refractivity contribution in [1.82, 2.24) is 24.6 Å². The molecule has 0 unspecified atom stereocenters. The largest absolute Gasteiger partial charge is 0.352 e. The molecule has 1 fully saturated rings. The van der Waals surface area contributed by atoms with E-state index in [1.807, 2.05) is 46.7 Å². The van der Waals surface area contributed by atoms with E-state index in [1.165, 1.54) is 11.3 Å². The van der Waals surface area contributed by atoms with Gasteiger partial charge in [0.2, 0.25) is 0 Å². The number of benzene rings is 1. The second kappa shape index (κ2) is 8.52. The first-order chi connectivity index (χ1) is 15.5. The van der Waals surface area contributed by atoms with Crippen LogP contribution >= 0.6 is 22.9 Å². The predicted molar refractivity (Wildman–Crippen MR) is 128 cm³/mol. The van der Waals surface area contributed by atoms with E-state index in [-0.39, 0.29) is 11.8 Å². The van der Waals surface area contributed by atoms with Gasteiger partial charge in [0.1, 0.15) is 11.6 Å². The van der Waals surface area contributed by atoms with Gasteiger partial charge in [-0.2, -0.15) is 5.10 Å². The van der Waals surface area contributed by atoms with Gasteiger partial charge in [-0.1, -0.05) is 43.6 Å². The number of aromatic nitrogens is 4. The summed E-state index contributed by atoms with van der Waals surface area (Å²) in [5.74, 6) is 1.88. The maximum Gasteiger partial charge on any atom is 0.264 e. The summed E-state index contributed by atoms with van der Waals surface area (Å²) < 4.78 is 1.78. The van der Waals surface area contributed by atoms with E-state index in [2.05, 4.69) is 23.8 Å². The molecule has 0 spiro atoms. The third-order valence-electron chi connectivity index (χ3n) is 5.62. The third-order valence-corrected chi connectivity index (χ3v) is 6.80. The van der Waals surface area contributed by atoms with Gasteiger partial charge in [0.15, 0.2) is 5.65 Å². The summed E-state index contributed by atoms with van der Waals surface area (Å²) in [6, 6.07) is 11.4. The van der Waals surface area contributed by atoms with E-state index in [0.717, 1.165) is 33.2 Å². The number of thiophene rings is 1. The lowest BCUT2D eigenvalue weighted by Crippen LogP contribution is -2.49. The van der Waals surface area contributed by atoms with Crippen molar-refractivity contribution in [2.75, 3.05) is 31.1 Å². The molecule has 0 N–H and O–H groups in total. The first kappa shape index (κ1) is 20.9. The molecule has 1 saturated heterocycles. The normalized spacial score (nSPS) is 14.5. The number of fused-ring (bicyclic) bond motifs is 1. The minimum atomic E-state index is 0.0990. The van der Waals surface area contributed by atoms with Crippen molar-refractivity contribution < 1.29 is 4.79 Å². The van der Waals surface area contributed by atoms with Crippen LogP contribution in [0.3, 0.4) is 0 Å². The number of hydrogen-bond acceptors (Lipinski definition) is 6. The van der Waals surface area contributed by atoms with Gasteiger partial charge >= 0.3 is 0 Å². The molecule has 0 aliphatic carbocycles. The van der Waals surface area contributed by atoms with Crippen LogP contribution in [0.5, 0.6) is 0 Å². The lowest BCUT2D eigenvalue weighted by molar-refractivity contribution is 0.0751. The molecule has 0 radical (unpaired) electrons. The Morgan fingerprint density at radius 2 is 1.84 bits per heavy atom. The molecule has 0 saturated carbocycles. The lowest BCUT2D eigenvalue weighted by Gasteiger charge is -2.35. The molecule has 1 amide bonds. The zero-order valence-electron chi connectivity index (χ0n) is 17.9. The van der Waals surface area contributed by atoms with Crippen LogP contribution in [0.4, 0.5) is 5.82 Å². The van der Waals surface area contributed by atoms with Gasteiger partial charge in [0, 0.05) is 32.1 Å². The quantitative estimate of drug-likeness (QED) is 0.439. The zero-order valence-corrected chi connectivity index (χ0v) is 19.5. The van der Waals surface area contributed by atoms with E-state index < -0.39 is 0 Å². The van der Waals surface area contributed by atoms with Crippen molar-refractivity contribution in [3.8, 4) is 5.69 Å². The predicted octanol–water partition coefficient (Wildman–Crippen LogP) is 4.62. The van der Waals surface area contributed by atoms with E-state index in [9.17, 15) is 4.79 Å². The molecule has 7 nitrogen and oxygen atoms in total. The number of carbonyl (C=O) groups is 1. The first-order valence-corrected chi connectivity index (χ1v) is 11.9. The molecular weight excluding hydrogens is 444 g/mol. The maximum atomic E-state index is 12.7. The van der Waals surface area contributed by atoms with Gasteiger partial charge in [-0.3, -0.25) is 4.79 Å². The molecule has 0 atom stereocenters. The Morgan fingerprint density at radius 3 is 2.53 bits per heavy atom. The molecule has 1 aromatic carbocycles. The summed E-state index contributed by atoms with van der Waals surface area (Å²) in [6.07, 6.45) is 1.81. The van der Waals surface area contributed by atoms with Crippen LogP contribution in [0.1, 0.15) is 35.3 Å². The minimum Gasteiger partial charge on any atom is -0.352 e. The summed E-state index contributed by atoms with van der Waals surface area (Å²) in [7, 11) is 0. The molecule has 164 valence electrons. The van der Waals surface area contributed by atoms with Crippen LogP contribution in [-0.4, -0.2) is 56.7 Å². The number of para-hydroxylation sites is 1. The maximum absolute atomic E-state index is 12.7.